The Bertz CT molecular complexity index is 2400. The van der Waals surface area contributed by atoms with Crippen LogP contribution in [0.5, 0.6) is 11.5 Å². The molecule has 0 saturated heterocycles. The molecule has 0 saturated carbocycles. The van der Waals surface area contributed by atoms with Crippen molar-refractivity contribution >= 4 is 21.8 Å². The van der Waals surface area contributed by atoms with Gasteiger partial charge in [-0.25, -0.2) is 9.67 Å². The predicted molar refractivity (Wildman–Crippen MR) is 222 cm³/mol. The SMILES string of the molecule is CCCCc1ccnc(-n2c3ccccc3c3ccc(Oc4cc(C(C)C)cc(-n5nc(C)c(-c6c(C)cc(C)cc6C)c5CCC(C)C)c4)cc32)c1. The van der Waals surface area contributed by atoms with Crippen LogP contribution in [0.1, 0.15) is 99.0 Å². The molecule has 7 rings (SSSR count). The molecule has 0 aliphatic carbocycles. The molecule has 0 atom stereocenters. The zero-order valence-corrected chi connectivity index (χ0v) is 33.0. The highest BCUT2D eigenvalue weighted by Gasteiger charge is 2.23. The van der Waals surface area contributed by atoms with Crippen molar-refractivity contribution in [1.82, 2.24) is 19.3 Å². The summed E-state index contributed by atoms with van der Waals surface area (Å²) in [5.41, 5.74) is 14.6. The van der Waals surface area contributed by atoms with E-state index in [0.717, 1.165) is 65.4 Å². The maximum absolute atomic E-state index is 6.84. The zero-order chi connectivity index (χ0) is 37.4. The van der Waals surface area contributed by atoms with Crippen LogP contribution in [0, 0.1) is 33.6 Å². The van der Waals surface area contributed by atoms with Crippen LogP contribution in [0.3, 0.4) is 0 Å². The molecule has 272 valence electrons. The summed E-state index contributed by atoms with van der Waals surface area (Å²) in [5, 5.41) is 7.66. The summed E-state index contributed by atoms with van der Waals surface area (Å²) in [7, 11) is 0. The molecule has 5 heteroatoms. The molecular formula is C48H54N4O. The van der Waals surface area contributed by atoms with E-state index < -0.39 is 0 Å². The maximum atomic E-state index is 6.84. The molecule has 3 aromatic heterocycles. The van der Waals surface area contributed by atoms with Gasteiger partial charge in [0.05, 0.1) is 28.1 Å². The van der Waals surface area contributed by atoms with Gasteiger partial charge in [0.1, 0.15) is 17.3 Å². The lowest BCUT2D eigenvalue weighted by Crippen LogP contribution is -2.06. The second-order valence-corrected chi connectivity index (χ2v) is 15.7. The second kappa shape index (κ2) is 15.1. The third-order valence-corrected chi connectivity index (χ3v) is 10.6. The number of benzene rings is 4. The fourth-order valence-corrected chi connectivity index (χ4v) is 7.98. The van der Waals surface area contributed by atoms with E-state index in [1.807, 2.05) is 6.20 Å². The van der Waals surface area contributed by atoms with Crippen molar-refractivity contribution in [3.63, 3.8) is 0 Å². The average molecular weight is 703 g/mol. The van der Waals surface area contributed by atoms with Crippen LogP contribution in [-0.4, -0.2) is 19.3 Å². The first-order valence-electron chi connectivity index (χ1n) is 19.5. The van der Waals surface area contributed by atoms with Gasteiger partial charge in [-0.1, -0.05) is 76.9 Å². The van der Waals surface area contributed by atoms with Gasteiger partial charge in [0.25, 0.3) is 0 Å². The number of ether oxygens (including phenoxy) is 1. The van der Waals surface area contributed by atoms with Crippen LogP contribution in [-0.2, 0) is 12.8 Å². The van der Waals surface area contributed by atoms with Crippen molar-refractivity contribution in [3.05, 3.63) is 130 Å². The number of fused-ring (bicyclic) bond motifs is 3. The molecule has 0 radical (unpaired) electrons. The molecule has 7 aromatic rings. The Kier molecular flexibility index (Phi) is 10.3. The van der Waals surface area contributed by atoms with Gasteiger partial charge in [-0.2, -0.15) is 5.10 Å². The first kappa shape index (κ1) is 36.2. The Morgan fingerprint density at radius 2 is 1.47 bits per heavy atom. The Labute approximate surface area is 315 Å². The summed E-state index contributed by atoms with van der Waals surface area (Å²) < 4.78 is 11.3. The Morgan fingerprint density at radius 3 is 2.21 bits per heavy atom. The van der Waals surface area contributed by atoms with Gasteiger partial charge in [-0.05, 0) is 135 Å². The fraction of sp³-hybridized carbons (Fsp3) is 0.333. The number of aryl methyl sites for hydroxylation is 5. The lowest BCUT2D eigenvalue weighted by atomic mass is 9.90. The minimum atomic E-state index is 0.310. The van der Waals surface area contributed by atoms with E-state index in [1.54, 1.807) is 0 Å². The van der Waals surface area contributed by atoms with Crippen molar-refractivity contribution in [2.45, 2.75) is 100 Å². The normalized spacial score (nSPS) is 11.8. The molecule has 3 heterocycles. The van der Waals surface area contributed by atoms with Crippen molar-refractivity contribution < 1.29 is 4.74 Å². The molecular weight excluding hydrogens is 649 g/mol. The number of nitrogens with zero attached hydrogens (tertiary/aromatic N) is 4. The smallest absolute Gasteiger partial charge is 0.137 e. The van der Waals surface area contributed by atoms with E-state index in [1.165, 1.54) is 61.8 Å². The van der Waals surface area contributed by atoms with E-state index in [2.05, 4.69) is 156 Å². The molecule has 0 fully saturated rings. The van der Waals surface area contributed by atoms with E-state index >= 15 is 0 Å². The van der Waals surface area contributed by atoms with Crippen molar-refractivity contribution in [2.75, 3.05) is 0 Å². The summed E-state index contributed by atoms with van der Waals surface area (Å²) >= 11 is 0. The molecule has 5 nitrogen and oxygen atoms in total. The lowest BCUT2D eigenvalue weighted by Gasteiger charge is -2.17. The molecule has 0 amide bonds. The van der Waals surface area contributed by atoms with E-state index in [-0.39, 0.29) is 0 Å². The summed E-state index contributed by atoms with van der Waals surface area (Å²) in [4.78, 5) is 4.87. The maximum Gasteiger partial charge on any atom is 0.137 e. The first-order chi connectivity index (χ1) is 25.5. The third kappa shape index (κ3) is 7.27. The Balaban J connectivity index is 1.35. The van der Waals surface area contributed by atoms with Gasteiger partial charge in [0.15, 0.2) is 0 Å². The summed E-state index contributed by atoms with van der Waals surface area (Å²) in [6, 6.07) is 30.7. The van der Waals surface area contributed by atoms with E-state index in [4.69, 9.17) is 14.8 Å². The van der Waals surface area contributed by atoms with Gasteiger partial charge in [-0.3, -0.25) is 4.57 Å². The van der Waals surface area contributed by atoms with Crippen LogP contribution in [0.15, 0.2) is 91.1 Å². The standard InChI is InChI=1S/C48H54N4O/c1-10-11-14-36-21-22-49-46(25-36)51-43-16-13-12-15-41(43)42-19-18-39(29-45(42)51)53-40-27-37(31(4)5)26-38(28-40)52-44(20-17-30(2)3)48(35(9)50-52)47-33(7)23-32(6)24-34(47)8/h12-13,15-16,18-19,21-31H,10-11,14,17,20H2,1-9H3. The zero-order valence-electron chi connectivity index (χ0n) is 33.0. The largest absolute Gasteiger partial charge is 0.457 e. The van der Waals surface area contributed by atoms with Crippen molar-refractivity contribution in [3.8, 4) is 34.1 Å². The minimum Gasteiger partial charge on any atom is -0.457 e. The topological polar surface area (TPSA) is 44.9 Å². The molecule has 53 heavy (non-hydrogen) atoms. The Hall–Kier alpha value is -5.16. The Morgan fingerprint density at radius 1 is 0.717 bits per heavy atom. The number of para-hydroxylation sites is 1. The quantitative estimate of drug-likeness (QED) is 0.127. The van der Waals surface area contributed by atoms with Crippen LogP contribution in [0.25, 0.3) is 44.4 Å². The molecule has 0 aliphatic rings. The number of pyridine rings is 1. The number of hydrogen-bond donors (Lipinski definition) is 0. The minimum absolute atomic E-state index is 0.310. The number of unbranched alkanes of at least 4 members (excludes halogenated alkanes) is 1. The number of hydrogen-bond acceptors (Lipinski definition) is 3. The highest BCUT2D eigenvalue weighted by molar-refractivity contribution is 6.09. The summed E-state index contributed by atoms with van der Waals surface area (Å²) in [6.07, 6.45) is 7.35. The first-order valence-corrected chi connectivity index (χ1v) is 19.5. The number of rotatable bonds is 12. The predicted octanol–water partition coefficient (Wildman–Crippen LogP) is 13.1. The number of aromatic nitrogens is 4. The molecule has 0 unspecified atom stereocenters. The van der Waals surface area contributed by atoms with Gasteiger partial charge in [0, 0.05) is 34.7 Å². The van der Waals surface area contributed by atoms with E-state index in [0.29, 0.717) is 11.8 Å². The van der Waals surface area contributed by atoms with Crippen molar-refractivity contribution in [2.24, 2.45) is 5.92 Å². The molecule has 0 spiro atoms. The molecule has 0 aliphatic heterocycles. The van der Waals surface area contributed by atoms with Gasteiger partial charge >= 0.3 is 0 Å². The molecule has 4 aromatic carbocycles. The van der Waals surface area contributed by atoms with Gasteiger partial charge < -0.3 is 4.74 Å². The molecule has 0 bridgehead atoms. The highest BCUT2D eigenvalue weighted by atomic mass is 16.5. The second-order valence-electron chi connectivity index (χ2n) is 15.7. The third-order valence-electron chi connectivity index (χ3n) is 10.6. The van der Waals surface area contributed by atoms with Crippen LogP contribution < -0.4 is 4.74 Å². The summed E-state index contributed by atoms with van der Waals surface area (Å²) in [5.74, 6) is 3.42. The van der Waals surface area contributed by atoms with Gasteiger partial charge in [-0.15, -0.1) is 0 Å². The fourth-order valence-electron chi connectivity index (χ4n) is 7.98. The van der Waals surface area contributed by atoms with Gasteiger partial charge in [0.2, 0.25) is 0 Å². The highest BCUT2D eigenvalue weighted by Crippen LogP contribution is 2.39. The van der Waals surface area contributed by atoms with Crippen molar-refractivity contribution in [1.29, 1.82) is 0 Å². The average Bonchev–Trinajstić information content (AvgIpc) is 3.63. The summed E-state index contributed by atoms with van der Waals surface area (Å²) in [6.45, 7) is 20.1. The monoisotopic (exact) mass is 702 g/mol. The van der Waals surface area contributed by atoms with Crippen LogP contribution in [0.4, 0.5) is 0 Å². The van der Waals surface area contributed by atoms with Crippen LogP contribution >= 0.6 is 0 Å². The lowest BCUT2D eigenvalue weighted by molar-refractivity contribution is 0.481. The van der Waals surface area contributed by atoms with E-state index in [9.17, 15) is 0 Å². The van der Waals surface area contributed by atoms with Crippen LogP contribution in [0.2, 0.25) is 0 Å². The molecule has 0 N–H and O–H groups in total.